The first-order chi connectivity index (χ1) is 9.49. The van der Waals surface area contributed by atoms with Gasteiger partial charge in [-0.15, -0.1) is 0 Å². The summed E-state index contributed by atoms with van der Waals surface area (Å²) in [5.74, 6) is 1.22. The first kappa shape index (κ1) is 17.6. The molecule has 0 aliphatic carbocycles. The molecule has 3 nitrogen and oxygen atoms in total. The molecule has 0 saturated heterocycles. The molecule has 0 heterocycles. The van der Waals surface area contributed by atoms with E-state index < -0.39 is 6.10 Å². The van der Waals surface area contributed by atoms with E-state index in [-0.39, 0.29) is 6.61 Å². The molecule has 1 aromatic rings. The Labute approximate surface area is 131 Å². The smallest absolute Gasteiger partial charge is 0.139 e. The summed E-state index contributed by atoms with van der Waals surface area (Å²) in [4.78, 5) is 0. The fourth-order valence-electron chi connectivity index (χ4n) is 1.74. The van der Waals surface area contributed by atoms with Crippen molar-refractivity contribution >= 4 is 23.2 Å². The lowest BCUT2D eigenvalue weighted by Crippen LogP contribution is -2.32. The summed E-state index contributed by atoms with van der Waals surface area (Å²) < 4.78 is 5.47. The molecule has 1 unspecified atom stereocenters. The highest BCUT2D eigenvalue weighted by Gasteiger charge is 2.07. The van der Waals surface area contributed by atoms with Gasteiger partial charge in [0.1, 0.15) is 18.5 Å². The van der Waals surface area contributed by atoms with E-state index in [1.54, 1.807) is 18.2 Å². The van der Waals surface area contributed by atoms with Crippen LogP contribution in [0.1, 0.15) is 26.7 Å². The third-order valence-electron chi connectivity index (χ3n) is 2.84. The highest BCUT2D eigenvalue weighted by Crippen LogP contribution is 2.27. The Hall–Kier alpha value is -0.480. The second-order valence-corrected chi connectivity index (χ2v) is 6.12. The van der Waals surface area contributed by atoms with Crippen LogP contribution < -0.4 is 10.1 Å². The zero-order valence-electron chi connectivity index (χ0n) is 12.0. The minimum atomic E-state index is -0.566. The van der Waals surface area contributed by atoms with Crippen molar-refractivity contribution in [3.63, 3.8) is 0 Å². The molecule has 1 aromatic carbocycles. The number of aliphatic hydroxyl groups excluding tert-OH is 1. The number of hydrogen-bond donors (Lipinski definition) is 2. The van der Waals surface area contributed by atoms with Crippen LogP contribution in [-0.2, 0) is 0 Å². The number of hydrogen-bond acceptors (Lipinski definition) is 3. The van der Waals surface area contributed by atoms with Crippen molar-refractivity contribution in [1.29, 1.82) is 0 Å². The summed E-state index contributed by atoms with van der Waals surface area (Å²) in [5, 5.41) is 14.1. The molecular weight excluding hydrogens is 297 g/mol. The fraction of sp³-hybridized carbons (Fsp3) is 0.600. The van der Waals surface area contributed by atoms with E-state index in [9.17, 15) is 5.11 Å². The van der Waals surface area contributed by atoms with E-state index in [1.165, 1.54) is 6.42 Å². The molecule has 114 valence electrons. The molecule has 0 bridgehead atoms. The summed E-state index contributed by atoms with van der Waals surface area (Å²) in [5.41, 5.74) is 0. The molecule has 0 saturated carbocycles. The second kappa shape index (κ2) is 9.46. The highest BCUT2D eigenvalue weighted by atomic mass is 35.5. The third-order valence-corrected chi connectivity index (χ3v) is 3.39. The summed E-state index contributed by atoms with van der Waals surface area (Å²) in [6, 6.07) is 5.02. The largest absolute Gasteiger partial charge is 0.489 e. The Bertz CT molecular complexity index is 399. The Morgan fingerprint density at radius 3 is 2.75 bits per heavy atom. The van der Waals surface area contributed by atoms with Crippen LogP contribution in [0.3, 0.4) is 0 Å². The molecule has 0 aromatic heterocycles. The van der Waals surface area contributed by atoms with Crippen LogP contribution in [0.15, 0.2) is 18.2 Å². The molecule has 0 aliphatic rings. The van der Waals surface area contributed by atoms with Gasteiger partial charge in [-0.25, -0.2) is 0 Å². The van der Waals surface area contributed by atoms with Gasteiger partial charge < -0.3 is 15.2 Å². The molecule has 0 fully saturated rings. The Kier molecular flexibility index (Phi) is 8.31. The SMILES string of the molecule is CC(C)CCCNCC(O)COc1cc(Cl)ccc1Cl. The highest BCUT2D eigenvalue weighted by molar-refractivity contribution is 6.34. The normalized spacial score (nSPS) is 12.7. The van der Waals surface area contributed by atoms with Crippen molar-refractivity contribution in [2.75, 3.05) is 19.7 Å². The molecule has 0 spiro atoms. The van der Waals surface area contributed by atoms with Crippen LogP contribution in [0.4, 0.5) is 0 Å². The number of rotatable bonds is 9. The Morgan fingerprint density at radius 1 is 1.30 bits per heavy atom. The maximum Gasteiger partial charge on any atom is 0.139 e. The van der Waals surface area contributed by atoms with Crippen LogP contribution in [0, 0.1) is 5.92 Å². The van der Waals surface area contributed by atoms with Crippen molar-refractivity contribution in [1.82, 2.24) is 5.32 Å². The van der Waals surface area contributed by atoms with Gasteiger partial charge in [-0.05, 0) is 37.4 Å². The summed E-state index contributed by atoms with van der Waals surface area (Å²) in [6.45, 7) is 6.02. The van der Waals surface area contributed by atoms with Crippen molar-refractivity contribution in [2.24, 2.45) is 5.92 Å². The van der Waals surface area contributed by atoms with Crippen LogP contribution in [0.2, 0.25) is 10.0 Å². The Morgan fingerprint density at radius 2 is 2.05 bits per heavy atom. The molecule has 1 rings (SSSR count). The first-order valence-corrected chi connectivity index (χ1v) is 7.71. The van der Waals surface area contributed by atoms with Gasteiger partial charge in [-0.2, -0.15) is 0 Å². The number of halogens is 2. The van der Waals surface area contributed by atoms with E-state index in [4.69, 9.17) is 27.9 Å². The van der Waals surface area contributed by atoms with Crippen LogP contribution in [-0.4, -0.2) is 30.9 Å². The molecule has 0 aliphatic heterocycles. The predicted octanol–water partition coefficient (Wildman–Crippen LogP) is 3.76. The van der Waals surface area contributed by atoms with Crippen LogP contribution in [0.5, 0.6) is 5.75 Å². The maximum atomic E-state index is 9.82. The number of nitrogens with one attached hydrogen (secondary N) is 1. The van der Waals surface area contributed by atoms with Gasteiger partial charge in [-0.1, -0.05) is 37.0 Å². The lowest BCUT2D eigenvalue weighted by atomic mass is 10.1. The van der Waals surface area contributed by atoms with Gasteiger partial charge >= 0.3 is 0 Å². The van der Waals surface area contributed by atoms with E-state index in [0.717, 1.165) is 18.9 Å². The van der Waals surface area contributed by atoms with Gasteiger partial charge in [0.15, 0.2) is 0 Å². The van der Waals surface area contributed by atoms with Crippen molar-refractivity contribution in [3.05, 3.63) is 28.2 Å². The lowest BCUT2D eigenvalue weighted by molar-refractivity contribution is 0.106. The fourth-order valence-corrected chi connectivity index (χ4v) is 2.07. The van der Waals surface area contributed by atoms with Crippen molar-refractivity contribution < 1.29 is 9.84 Å². The van der Waals surface area contributed by atoms with Gasteiger partial charge in [-0.3, -0.25) is 0 Å². The number of benzene rings is 1. The van der Waals surface area contributed by atoms with Gasteiger partial charge in [0.2, 0.25) is 0 Å². The number of aliphatic hydroxyl groups is 1. The molecule has 20 heavy (non-hydrogen) atoms. The van der Waals surface area contributed by atoms with Crippen molar-refractivity contribution in [3.8, 4) is 5.75 Å². The summed E-state index contributed by atoms with van der Waals surface area (Å²) in [6.07, 6.45) is 1.74. The molecule has 0 amide bonds. The molecular formula is C15H23Cl2NO2. The van der Waals surface area contributed by atoms with E-state index >= 15 is 0 Å². The molecule has 0 radical (unpaired) electrons. The van der Waals surface area contributed by atoms with Gasteiger partial charge in [0, 0.05) is 17.6 Å². The first-order valence-electron chi connectivity index (χ1n) is 6.95. The van der Waals surface area contributed by atoms with Gasteiger partial charge in [0.05, 0.1) is 5.02 Å². The second-order valence-electron chi connectivity index (χ2n) is 5.28. The van der Waals surface area contributed by atoms with E-state index in [0.29, 0.717) is 22.3 Å². The van der Waals surface area contributed by atoms with Gasteiger partial charge in [0.25, 0.3) is 0 Å². The van der Waals surface area contributed by atoms with E-state index in [2.05, 4.69) is 19.2 Å². The zero-order chi connectivity index (χ0) is 15.0. The van der Waals surface area contributed by atoms with E-state index in [1.807, 2.05) is 0 Å². The van der Waals surface area contributed by atoms with Crippen LogP contribution >= 0.6 is 23.2 Å². The summed E-state index contributed by atoms with van der Waals surface area (Å²) >= 11 is 11.8. The summed E-state index contributed by atoms with van der Waals surface area (Å²) in [7, 11) is 0. The lowest BCUT2D eigenvalue weighted by Gasteiger charge is -2.14. The average molecular weight is 320 g/mol. The van der Waals surface area contributed by atoms with Crippen LogP contribution in [0.25, 0.3) is 0 Å². The third kappa shape index (κ3) is 7.34. The molecule has 1 atom stereocenters. The topological polar surface area (TPSA) is 41.5 Å². The minimum absolute atomic E-state index is 0.192. The maximum absolute atomic E-state index is 9.82. The quantitative estimate of drug-likeness (QED) is 0.681. The standard InChI is InChI=1S/C15H23Cl2NO2/c1-11(2)4-3-7-18-9-13(19)10-20-15-8-12(16)5-6-14(15)17/h5-6,8,11,13,18-19H,3-4,7,9-10H2,1-2H3. The Balaban J connectivity index is 2.19. The minimum Gasteiger partial charge on any atom is -0.489 e. The average Bonchev–Trinajstić information content (AvgIpc) is 2.39. The molecule has 5 heteroatoms. The van der Waals surface area contributed by atoms with Crippen molar-refractivity contribution in [2.45, 2.75) is 32.8 Å². The zero-order valence-corrected chi connectivity index (χ0v) is 13.5. The number of ether oxygens (including phenoxy) is 1. The monoisotopic (exact) mass is 319 g/mol. The predicted molar refractivity (Wildman–Crippen MR) is 84.9 cm³/mol. The molecule has 2 N–H and O–H groups in total.